The van der Waals surface area contributed by atoms with Crippen molar-refractivity contribution in [2.45, 2.75) is 19.6 Å². The van der Waals surface area contributed by atoms with Crippen molar-refractivity contribution in [2.75, 3.05) is 0 Å². The van der Waals surface area contributed by atoms with Crippen LogP contribution in [0.15, 0.2) is 0 Å². The van der Waals surface area contributed by atoms with Gasteiger partial charge in [0.25, 0.3) is 0 Å². The molecule has 0 saturated heterocycles. The highest BCUT2D eigenvalue weighted by Gasteiger charge is 2.36. The highest BCUT2D eigenvalue weighted by molar-refractivity contribution is 5.85. The van der Waals surface area contributed by atoms with Crippen molar-refractivity contribution < 1.29 is 13.2 Å². The Morgan fingerprint density at radius 1 is 1.46 bits per heavy atom. The maximum absolute atomic E-state index is 12.1. The summed E-state index contributed by atoms with van der Waals surface area (Å²) in [6.45, 7) is 1.38. The van der Waals surface area contributed by atoms with Crippen molar-refractivity contribution in [3.8, 4) is 0 Å². The molecule has 0 unspecified atom stereocenters. The lowest BCUT2D eigenvalue weighted by Gasteiger charge is -2.02. The second-order valence-corrected chi connectivity index (χ2v) is 2.38. The number of alkyl halides is 3. The van der Waals surface area contributed by atoms with Crippen molar-refractivity contribution >= 4 is 12.4 Å². The number of nitrogens with two attached hydrogens (primary N) is 1. The lowest BCUT2D eigenvalue weighted by atomic mass is 10.2. The van der Waals surface area contributed by atoms with Gasteiger partial charge in [-0.05, 0) is 6.92 Å². The van der Waals surface area contributed by atoms with Gasteiger partial charge < -0.3 is 5.73 Å². The Morgan fingerprint density at radius 2 is 2.00 bits per heavy atom. The number of aromatic amines is 1. The van der Waals surface area contributed by atoms with Crippen LogP contribution < -0.4 is 5.73 Å². The van der Waals surface area contributed by atoms with Gasteiger partial charge in [-0.1, -0.05) is 0 Å². The predicted octanol–water partition coefficient (Wildman–Crippen LogP) is 1.62. The summed E-state index contributed by atoms with van der Waals surface area (Å²) in [6, 6.07) is 0. The third-order valence-corrected chi connectivity index (χ3v) is 1.58. The molecule has 0 aliphatic heterocycles. The fourth-order valence-corrected chi connectivity index (χ4v) is 0.909. The van der Waals surface area contributed by atoms with Crippen LogP contribution in [0.25, 0.3) is 0 Å². The van der Waals surface area contributed by atoms with E-state index >= 15 is 0 Å². The number of aromatic nitrogens is 2. The van der Waals surface area contributed by atoms with Crippen LogP contribution in [0, 0.1) is 6.92 Å². The lowest BCUT2D eigenvalue weighted by Crippen LogP contribution is -2.07. The van der Waals surface area contributed by atoms with E-state index in [-0.39, 0.29) is 24.5 Å². The number of halogens is 4. The van der Waals surface area contributed by atoms with E-state index in [0.29, 0.717) is 5.69 Å². The van der Waals surface area contributed by atoms with Crippen LogP contribution in [0.1, 0.15) is 17.0 Å². The largest absolute Gasteiger partial charge is 0.435 e. The molecule has 7 heteroatoms. The molecule has 1 aromatic rings. The van der Waals surface area contributed by atoms with Crippen LogP contribution in [0.3, 0.4) is 0 Å². The van der Waals surface area contributed by atoms with E-state index in [4.69, 9.17) is 5.73 Å². The van der Waals surface area contributed by atoms with Crippen molar-refractivity contribution in [1.82, 2.24) is 10.2 Å². The topological polar surface area (TPSA) is 54.7 Å². The van der Waals surface area contributed by atoms with Gasteiger partial charge in [0.15, 0.2) is 5.69 Å². The maximum Gasteiger partial charge on any atom is 0.435 e. The zero-order valence-electron chi connectivity index (χ0n) is 6.77. The third kappa shape index (κ3) is 2.35. The van der Waals surface area contributed by atoms with Crippen molar-refractivity contribution in [3.63, 3.8) is 0 Å². The Morgan fingerprint density at radius 3 is 2.23 bits per heavy atom. The molecule has 0 radical (unpaired) electrons. The van der Waals surface area contributed by atoms with Crippen LogP contribution in [0.2, 0.25) is 0 Å². The Hall–Kier alpha value is -0.750. The number of rotatable bonds is 1. The van der Waals surface area contributed by atoms with Gasteiger partial charge in [0.05, 0.1) is 5.69 Å². The molecule has 1 heterocycles. The molecule has 0 bridgehead atoms. The first-order valence-electron chi connectivity index (χ1n) is 3.28. The van der Waals surface area contributed by atoms with E-state index in [1.165, 1.54) is 6.92 Å². The summed E-state index contributed by atoms with van der Waals surface area (Å²) in [5, 5.41) is 5.36. The molecule has 0 atom stereocenters. The van der Waals surface area contributed by atoms with Crippen LogP contribution in [-0.4, -0.2) is 10.2 Å². The molecule has 0 aliphatic carbocycles. The molecule has 0 saturated carbocycles. The van der Waals surface area contributed by atoms with Gasteiger partial charge in [-0.3, -0.25) is 5.10 Å². The lowest BCUT2D eigenvalue weighted by molar-refractivity contribution is -0.141. The monoisotopic (exact) mass is 215 g/mol. The molecule has 3 N–H and O–H groups in total. The van der Waals surface area contributed by atoms with E-state index in [1.807, 2.05) is 0 Å². The van der Waals surface area contributed by atoms with E-state index in [9.17, 15) is 13.2 Å². The summed E-state index contributed by atoms with van der Waals surface area (Å²) in [4.78, 5) is 0. The van der Waals surface area contributed by atoms with E-state index in [1.54, 1.807) is 0 Å². The minimum Gasteiger partial charge on any atom is -0.325 e. The number of nitrogens with zero attached hydrogens (tertiary/aromatic N) is 1. The third-order valence-electron chi connectivity index (χ3n) is 1.58. The molecule has 0 aliphatic rings. The summed E-state index contributed by atoms with van der Waals surface area (Å²) in [5.41, 5.74) is 4.68. The normalized spacial score (nSPS) is 11.2. The summed E-state index contributed by atoms with van der Waals surface area (Å²) >= 11 is 0. The van der Waals surface area contributed by atoms with Gasteiger partial charge in [-0.25, -0.2) is 0 Å². The van der Waals surface area contributed by atoms with Gasteiger partial charge in [-0.2, -0.15) is 18.3 Å². The van der Waals surface area contributed by atoms with E-state index in [2.05, 4.69) is 10.2 Å². The van der Waals surface area contributed by atoms with Gasteiger partial charge in [0.1, 0.15) is 0 Å². The van der Waals surface area contributed by atoms with Crippen LogP contribution in [0.5, 0.6) is 0 Å². The number of H-pyrrole nitrogens is 1. The molecule has 13 heavy (non-hydrogen) atoms. The second kappa shape index (κ2) is 3.97. The SMILES string of the molecule is Cc1c(C(F)(F)F)n[nH]c1CN.Cl. The summed E-state index contributed by atoms with van der Waals surface area (Å²) in [6.07, 6.45) is -4.39. The molecule has 0 spiro atoms. The number of nitrogens with one attached hydrogen (secondary N) is 1. The van der Waals surface area contributed by atoms with Crippen molar-refractivity contribution in [1.29, 1.82) is 0 Å². The molecule has 1 rings (SSSR count). The average Bonchev–Trinajstić information content (AvgIpc) is 2.29. The Balaban J connectivity index is 0.00000144. The van der Waals surface area contributed by atoms with E-state index in [0.717, 1.165) is 0 Å². The first kappa shape index (κ1) is 12.2. The molecule has 76 valence electrons. The Bertz CT molecular complexity index is 281. The van der Waals surface area contributed by atoms with Crippen molar-refractivity contribution in [3.05, 3.63) is 17.0 Å². The fraction of sp³-hybridized carbons (Fsp3) is 0.500. The summed E-state index contributed by atoms with van der Waals surface area (Å²) < 4.78 is 36.2. The molecular weight excluding hydrogens is 207 g/mol. The molecule has 0 amide bonds. The van der Waals surface area contributed by atoms with Gasteiger partial charge in [0.2, 0.25) is 0 Å². The minimum absolute atomic E-state index is 0. The van der Waals surface area contributed by atoms with Crippen LogP contribution in [0.4, 0.5) is 13.2 Å². The average molecular weight is 216 g/mol. The number of hydrogen-bond acceptors (Lipinski definition) is 2. The van der Waals surface area contributed by atoms with Crippen LogP contribution >= 0.6 is 12.4 Å². The first-order valence-corrected chi connectivity index (χ1v) is 3.28. The fourth-order valence-electron chi connectivity index (χ4n) is 0.909. The zero-order valence-corrected chi connectivity index (χ0v) is 7.59. The maximum atomic E-state index is 12.1. The molecule has 0 aromatic carbocycles. The molecule has 3 nitrogen and oxygen atoms in total. The van der Waals surface area contributed by atoms with Gasteiger partial charge >= 0.3 is 6.18 Å². The summed E-state index contributed by atoms with van der Waals surface area (Å²) in [7, 11) is 0. The predicted molar refractivity (Wildman–Crippen MR) is 43.5 cm³/mol. The van der Waals surface area contributed by atoms with Gasteiger partial charge in [0, 0.05) is 12.1 Å². The highest BCUT2D eigenvalue weighted by Crippen LogP contribution is 2.30. The minimum atomic E-state index is -4.39. The second-order valence-electron chi connectivity index (χ2n) is 2.38. The Labute approximate surface area is 78.9 Å². The van der Waals surface area contributed by atoms with Crippen molar-refractivity contribution in [2.24, 2.45) is 5.73 Å². The van der Waals surface area contributed by atoms with Gasteiger partial charge in [-0.15, -0.1) is 12.4 Å². The smallest absolute Gasteiger partial charge is 0.325 e. The van der Waals surface area contributed by atoms with E-state index < -0.39 is 11.9 Å². The quantitative estimate of drug-likeness (QED) is 0.748. The first-order chi connectivity index (χ1) is 5.46. The standard InChI is InChI=1S/C6H8F3N3.ClH/c1-3-4(2-10)11-12-5(3)6(7,8)9;/h2,10H2,1H3,(H,11,12);1H. The number of hydrogen-bond donors (Lipinski definition) is 2. The Kier molecular flexibility index (Phi) is 3.74. The molecule has 1 aromatic heterocycles. The van der Waals surface area contributed by atoms with Crippen LogP contribution in [-0.2, 0) is 12.7 Å². The zero-order chi connectivity index (χ0) is 9.35. The summed E-state index contributed by atoms with van der Waals surface area (Å²) in [5.74, 6) is 0. The molecular formula is C6H9ClF3N3. The molecule has 0 fully saturated rings. The highest BCUT2D eigenvalue weighted by atomic mass is 35.5.